The Kier molecular flexibility index (Phi) is 7.58. The van der Waals surface area contributed by atoms with Crippen LogP contribution in [0.2, 0.25) is 0 Å². The minimum Gasteiger partial charge on any atom is -0.461 e. The summed E-state index contributed by atoms with van der Waals surface area (Å²) < 4.78 is 7.15. The highest BCUT2D eigenvalue weighted by Gasteiger charge is 2.32. The van der Waals surface area contributed by atoms with Crippen LogP contribution in [-0.4, -0.2) is 53.6 Å². The summed E-state index contributed by atoms with van der Waals surface area (Å²) in [5, 5.41) is 24.0. The number of ketones is 1. The van der Waals surface area contributed by atoms with Crippen LogP contribution in [0.5, 0.6) is 0 Å². The predicted molar refractivity (Wildman–Crippen MR) is 136 cm³/mol. The number of hydrogen-bond donors (Lipinski definition) is 2. The first kappa shape index (κ1) is 25.9. The van der Waals surface area contributed by atoms with Gasteiger partial charge in [0, 0.05) is 18.5 Å². The highest BCUT2D eigenvalue weighted by molar-refractivity contribution is 6.10. The third-order valence-corrected chi connectivity index (χ3v) is 5.91. The molecule has 0 unspecified atom stereocenters. The van der Waals surface area contributed by atoms with Crippen LogP contribution in [0, 0.1) is 0 Å². The summed E-state index contributed by atoms with van der Waals surface area (Å²) in [7, 11) is 0. The number of esters is 1. The molecule has 192 valence electrons. The van der Waals surface area contributed by atoms with E-state index in [1.807, 2.05) is 47.9 Å². The Morgan fingerprint density at radius 2 is 1.81 bits per heavy atom. The highest BCUT2D eigenvalue weighted by atomic mass is 16.5. The Labute approximate surface area is 214 Å². The molecule has 37 heavy (non-hydrogen) atoms. The molecule has 10 nitrogen and oxygen atoms in total. The van der Waals surface area contributed by atoms with E-state index in [-0.39, 0.29) is 23.9 Å². The fourth-order valence-electron chi connectivity index (χ4n) is 4.20. The summed E-state index contributed by atoms with van der Waals surface area (Å²) in [6, 6.07) is 15.0. The quantitative estimate of drug-likeness (QED) is 0.247. The van der Waals surface area contributed by atoms with Gasteiger partial charge in [0.2, 0.25) is 11.6 Å². The van der Waals surface area contributed by atoms with Crippen LogP contribution in [0.1, 0.15) is 77.9 Å². The number of aromatic nitrogens is 6. The number of tetrazole rings is 1. The van der Waals surface area contributed by atoms with Gasteiger partial charge in [-0.3, -0.25) is 4.79 Å². The number of nitrogens with zero attached hydrogens (tertiary/aromatic N) is 5. The third-order valence-electron chi connectivity index (χ3n) is 5.91. The Morgan fingerprint density at radius 3 is 2.43 bits per heavy atom. The number of ether oxygens (including phenoxy) is 1. The number of H-pyrrole nitrogens is 1. The maximum atomic E-state index is 12.9. The first-order chi connectivity index (χ1) is 17.7. The summed E-state index contributed by atoms with van der Waals surface area (Å²) in [6.07, 6.45) is 1.47. The molecule has 2 N–H and O–H groups in total. The molecule has 10 heteroatoms. The van der Waals surface area contributed by atoms with Crippen molar-refractivity contribution in [1.29, 1.82) is 0 Å². The molecule has 0 saturated carbocycles. The normalized spacial score (nSPS) is 11.5. The third kappa shape index (κ3) is 5.49. The molecule has 0 aliphatic rings. The molecule has 0 saturated heterocycles. The van der Waals surface area contributed by atoms with Gasteiger partial charge < -0.3 is 14.4 Å². The second kappa shape index (κ2) is 10.8. The SMILES string of the molecule is CCCc1nc(C(C)(C)O)c(C(=O)OCC)n1Cc1ccc(-c2ccccc2C(=O)c2nnn[nH]2)cc1. The Bertz CT molecular complexity index is 1390. The zero-order valence-electron chi connectivity index (χ0n) is 21.4. The van der Waals surface area contributed by atoms with Crippen LogP contribution in [0.4, 0.5) is 0 Å². The number of nitrogens with one attached hydrogen (secondary N) is 1. The zero-order chi connectivity index (χ0) is 26.6. The fraction of sp³-hybridized carbons (Fsp3) is 0.333. The first-order valence-corrected chi connectivity index (χ1v) is 12.2. The molecule has 0 amide bonds. The Balaban J connectivity index is 1.70. The second-order valence-electron chi connectivity index (χ2n) is 9.16. The minimum atomic E-state index is -1.31. The lowest BCUT2D eigenvalue weighted by atomic mass is 9.96. The van der Waals surface area contributed by atoms with Gasteiger partial charge in [-0.25, -0.2) is 14.9 Å². The van der Waals surface area contributed by atoms with Crippen molar-refractivity contribution in [1.82, 2.24) is 30.2 Å². The standard InChI is InChI=1S/C27H30N6O4/c1-5-9-21-28-24(27(3,4)36)22(26(35)37-6-2)33(21)16-17-12-14-18(15-13-17)19-10-7-8-11-20(19)23(34)25-29-31-32-30-25/h7-8,10-15,36H,5-6,9,16H2,1-4H3,(H,29,30,31,32). The smallest absolute Gasteiger partial charge is 0.357 e. The lowest BCUT2D eigenvalue weighted by Crippen LogP contribution is -2.23. The van der Waals surface area contributed by atoms with E-state index in [2.05, 4.69) is 25.6 Å². The van der Waals surface area contributed by atoms with Crippen molar-refractivity contribution < 1.29 is 19.4 Å². The van der Waals surface area contributed by atoms with Gasteiger partial charge in [0.05, 0.1) is 6.61 Å². The van der Waals surface area contributed by atoms with Crippen molar-refractivity contribution in [2.75, 3.05) is 6.61 Å². The largest absolute Gasteiger partial charge is 0.461 e. The molecule has 4 aromatic rings. The molecule has 2 heterocycles. The maximum absolute atomic E-state index is 12.9. The van der Waals surface area contributed by atoms with Gasteiger partial charge in [0.15, 0.2) is 5.69 Å². The van der Waals surface area contributed by atoms with Crippen LogP contribution in [0.25, 0.3) is 11.1 Å². The summed E-state index contributed by atoms with van der Waals surface area (Å²) in [6.45, 7) is 7.60. The number of rotatable bonds is 10. The number of benzene rings is 2. The molecule has 2 aromatic carbocycles. The van der Waals surface area contributed by atoms with Crippen LogP contribution in [-0.2, 0) is 23.3 Å². The van der Waals surface area contributed by atoms with E-state index >= 15 is 0 Å². The molecular formula is C27H30N6O4. The number of carbonyl (C=O) groups is 2. The number of aliphatic hydroxyl groups is 1. The summed E-state index contributed by atoms with van der Waals surface area (Å²) in [5.41, 5.74) is 2.26. The summed E-state index contributed by atoms with van der Waals surface area (Å²) >= 11 is 0. The predicted octanol–water partition coefficient (Wildman–Crippen LogP) is 3.70. The van der Waals surface area contributed by atoms with Gasteiger partial charge in [-0.05, 0) is 54.3 Å². The van der Waals surface area contributed by atoms with Gasteiger partial charge in [-0.2, -0.15) is 0 Å². The minimum absolute atomic E-state index is 0.0711. The number of hydrogen-bond acceptors (Lipinski definition) is 8. The van der Waals surface area contributed by atoms with Crippen molar-refractivity contribution in [3.63, 3.8) is 0 Å². The average molecular weight is 503 g/mol. The van der Waals surface area contributed by atoms with E-state index < -0.39 is 11.6 Å². The summed E-state index contributed by atoms with van der Waals surface area (Å²) in [5.74, 6) is -0.0314. The molecule has 0 aliphatic carbocycles. The van der Waals surface area contributed by atoms with Gasteiger partial charge in [-0.1, -0.05) is 55.5 Å². The zero-order valence-corrected chi connectivity index (χ0v) is 21.4. The number of aromatic amines is 1. The molecule has 0 spiro atoms. The van der Waals surface area contributed by atoms with Crippen LogP contribution in [0.3, 0.4) is 0 Å². The van der Waals surface area contributed by atoms with Gasteiger partial charge in [0.1, 0.15) is 17.1 Å². The Morgan fingerprint density at radius 1 is 1.08 bits per heavy atom. The molecule has 0 aliphatic heterocycles. The maximum Gasteiger partial charge on any atom is 0.357 e. The number of carbonyl (C=O) groups excluding carboxylic acids is 2. The highest BCUT2D eigenvalue weighted by Crippen LogP contribution is 2.28. The topological polar surface area (TPSA) is 136 Å². The second-order valence-corrected chi connectivity index (χ2v) is 9.16. The van der Waals surface area contributed by atoms with E-state index in [0.717, 1.165) is 23.1 Å². The van der Waals surface area contributed by atoms with Crippen molar-refractivity contribution in [2.45, 2.75) is 52.7 Å². The first-order valence-electron chi connectivity index (χ1n) is 12.2. The van der Waals surface area contributed by atoms with Crippen LogP contribution < -0.4 is 0 Å². The number of imidazole rings is 1. The molecule has 4 rings (SSSR count). The monoisotopic (exact) mass is 502 g/mol. The molecule has 0 radical (unpaired) electrons. The lowest BCUT2D eigenvalue weighted by molar-refractivity contribution is 0.0469. The molecule has 0 bridgehead atoms. The molecular weight excluding hydrogens is 472 g/mol. The van der Waals surface area contributed by atoms with Crippen molar-refractivity contribution in [3.8, 4) is 11.1 Å². The van der Waals surface area contributed by atoms with E-state index in [9.17, 15) is 14.7 Å². The lowest BCUT2D eigenvalue weighted by Gasteiger charge is -2.17. The van der Waals surface area contributed by atoms with Gasteiger partial charge in [-0.15, -0.1) is 5.10 Å². The average Bonchev–Trinajstić information content (AvgIpc) is 3.53. The van der Waals surface area contributed by atoms with E-state index in [4.69, 9.17) is 4.74 Å². The Hall–Kier alpha value is -4.18. The van der Waals surface area contributed by atoms with Crippen molar-refractivity contribution >= 4 is 11.8 Å². The van der Waals surface area contributed by atoms with Gasteiger partial charge >= 0.3 is 5.97 Å². The van der Waals surface area contributed by atoms with E-state index in [1.54, 1.807) is 32.9 Å². The van der Waals surface area contributed by atoms with Crippen LogP contribution >= 0.6 is 0 Å². The molecule has 2 aromatic heterocycles. The van der Waals surface area contributed by atoms with E-state index in [1.165, 1.54) is 0 Å². The van der Waals surface area contributed by atoms with Crippen molar-refractivity contribution in [2.24, 2.45) is 0 Å². The van der Waals surface area contributed by atoms with Gasteiger partial charge in [0.25, 0.3) is 0 Å². The molecule has 0 atom stereocenters. The molecule has 0 fully saturated rings. The summed E-state index contributed by atoms with van der Waals surface area (Å²) in [4.78, 5) is 30.5. The fourth-order valence-corrected chi connectivity index (χ4v) is 4.20. The van der Waals surface area contributed by atoms with Crippen LogP contribution in [0.15, 0.2) is 48.5 Å². The number of aryl methyl sites for hydroxylation is 1. The van der Waals surface area contributed by atoms with E-state index in [0.29, 0.717) is 30.0 Å². The van der Waals surface area contributed by atoms with Crippen molar-refractivity contribution in [3.05, 3.63) is 82.7 Å².